The predicted octanol–water partition coefficient (Wildman–Crippen LogP) is 10.9. The van der Waals surface area contributed by atoms with Crippen LogP contribution in [0.3, 0.4) is 0 Å². The summed E-state index contributed by atoms with van der Waals surface area (Å²) in [7, 11) is 0. The molecule has 0 spiro atoms. The van der Waals surface area contributed by atoms with Crippen molar-refractivity contribution in [1.82, 2.24) is 0 Å². The van der Waals surface area contributed by atoms with Gasteiger partial charge in [0.2, 0.25) is 0 Å². The smallest absolute Gasteiger partial charge is 0.0238 e. The molecule has 0 saturated carbocycles. The molecule has 0 bridgehead atoms. The molecule has 1 heteroatoms. The van der Waals surface area contributed by atoms with Crippen LogP contribution in [-0.2, 0) is 36.1 Å². The molecule has 37 heavy (non-hydrogen) atoms. The summed E-state index contributed by atoms with van der Waals surface area (Å²) >= 11 is -0.532. The predicted molar refractivity (Wildman–Crippen MR) is 159 cm³/mol. The topological polar surface area (TPSA) is 0 Å². The van der Waals surface area contributed by atoms with Crippen molar-refractivity contribution in [2.45, 2.75) is 105 Å². The molecule has 0 nitrogen and oxygen atoms in total. The normalized spacial score (nSPS) is 14.9. The summed E-state index contributed by atoms with van der Waals surface area (Å²) in [4.78, 5) is 0. The number of allylic oxidation sites excluding steroid dienone is 8. The Labute approximate surface area is 239 Å². The van der Waals surface area contributed by atoms with Crippen LogP contribution in [0.1, 0.15) is 103 Å². The van der Waals surface area contributed by atoms with E-state index in [1.165, 1.54) is 75.3 Å². The SMILES string of the molecule is CCCCC1=CC[C]([Zr][C]2=C(CC)C(CCCC)=CC2)=C1CC.c1ccc(CCc2ccccc2)cc1. The van der Waals surface area contributed by atoms with E-state index in [4.69, 9.17) is 0 Å². The molecule has 2 aliphatic rings. The van der Waals surface area contributed by atoms with Gasteiger partial charge in [0.15, 0.2) is 0 Å². The van der Waals surface area contributed by atoms with Crippen molar-refractivity contribution < 1.29 is 23.2 Å². The van der Waals surface area contributed by atoms with E-state index >= 15 is 0 Å². The van der Waals surface area contributed by atoms with Crippen LogP contribution in [0.5, 0.6) is 0 Å². The van der Waals surface area contributed by atoms with Gasteiger partial charge in [-0.25, -0.2) is 0 Å². The summed E-state index contributed by atoms with van der Waals surface area (Å²) in [5, 5.41) is 0. The van der Waals surface area contributed by atoms with Gasteiger partial charge in [-0.3, -0.25) is 0 Å². The molecule has 0 heterocycles. The third-order valence-electron chi connectivity index (χ3n) is 7.61. The van der Waals surface area contributed by atoms with E-state index in [9.17, 15) is 0 Å². The summed E-state index contributed by atoms with van der Waals surface area (Å²) in [6.07, 6.45) is 20.5. The number of hydrogen-bond acceptors (Lipinski definition) is 0. The van der Waals surface area contributed by atoms with E-state index in [0.717, 1.165) is 12.8 Å². The fourth-order valence-electron chi connectivity index (χ4n) is 5.47. The molecule has 196 valence electrons. The van der Waals surface area contributed by atoms with Crippen molar-refractivity contribution in [3.8, 4) is 0 Å². The van der Waals surface area contributed by atoms with Crippen molar-refractivity contribution in [3.63, 3.8) is 0 Å². The van der Waals surface area contributed by atoms with Gasteiger partial charge in [-0.05, 0) is 24.0 Å². The molecule has 0 amide bonds. The fourth-order valence-corrected chi connectivity index (χ4v) is 9.76. The fraction of sp³-hybridized carbons (Fsp3) is 0.444. The van der Waals surface area contributed by atoms with Gasteiger partial charge in [-0.15, -0.1) is 0 Å². The molecule has 0 aromatic heterocycles. The Kier molecular flexibility index (Phi) is 13.7. The van der Waals surface area contributed by atoms with Gasteiger partial charge >= 0.3 is 156 Å². The zero-order valence-electron chi connectivity index (χ0n) is 23.9. The monoisotopic (exact) mass is 570 g/mol. The molecule has 0 saturated heterocycles. The van der Waals surface area contributed by atoms with Crippen molar-refractivity contribution in [3.05, 3.63) is 113 Å². The third-order valence-corrected chi connectivity index (χ3v) is 11.6. The number of aryl methyl sites for hydroxylation is 2. The Balaban J connectivity index is 0.000000231. The molecule has 4 rings (SSSR count). The van der Waals surface area contributed by atoms with Crippen molar-refractivity contribution in [1.29, 1.82) is 0 Å². The minimum absolute atomic E-state index is 0.532. The van der Waals surface area contributed by atoms with Crippen LogP contribution in [-0.4, -0.2) is 0 Å². The van der Waals surface area contributed by atoms with Gasteiger partial charge < -0.3 is 0 Å². The van der Waals surface area contributed by atoms with Crippen LogP contribution in [0.15, 0.2) is 102 Å². The summed E-state index contributed by atoms with van der Waals surface area (Å²) in [6, 6.07) is 21.2. The van der Waals surface area contributed by atoms with Gasteiger partial charge in [-0.2, -0.15) is 0 Å². The van der Waals surface area contributed by atoms with Crippen LogP contribution in [0.2, 0.25) is 0 Å². The van der Waals surface area contributed by atoms with Crippen LogP contribution < -0.4 is 0 Å². The molecular formula is C36H48Zr. The maximum atomic E-state index is 2.57. The average molecular weight is 572 g/mol. The minimum atomic E-state index is -0.532. The molecule has 2 aliphatic carbocycles. The molecule has 0 radical (unpaired) electrons. The van der Waals surface area contributed by atoms with E-state index in [2.05, 4.69) is 101 Å². The Morgan fingerprint density at radius 3 is 1.30 bits per heavy atom. The molecule has 2 aromatic rings. The standard InChI is InChI=1S/C14H14.2C11H17.Zr/c1-3-7-13(8-4-1)11-12-14-9-5-2-6-10-14;2*1-3-5-7-11-9-6-8-10(11)4-2;/h1-10H,11-12H2;2*9H,3-7H2,1-2H3;. The summed E-state index contributed by atoms with van der Waals surface area (Å²) in [5.74, 6) is 0. The number of benzene rings is 2. The van der Waals surface area contributed by atoms with E-state index < -0.39 is 23.2 Å². The molecule has 0 fully saturated rings. The first-order chi connectivity index (χ1) is 18.2. The van der Waals surface area contributed by atoms with Crippen molar-refractivity contribution >= 4 is 0 Å². The molecule has 2 aromatic carbocycles. The summed E-state index contributed by atoms with van der Waals surface area (Å²) in [6.45, 7) is 9.36. The Bertz CT molecular complexity index is 979. The second-order valence-electron chi connectivity index (χ2n) is 10.3. The van der Waals surface area contributed by atoms with Crippen LogP contribution in [0.25, 0.3) is 0 Å². The Morgan fingerprint density at radius 1 is 0.541 bits per heavy atom. The van der Waals surface area contributed by atoms with E-state index in [-0.39, 0.29) is 0 Å². The maximum absolute atomic E-state index is 2.57. The maximum Gasteiger partial charge on any atom is -0.0238 e. The molecular weight excluding hydrogens is 524 g/mol. The van der Waals surface area contributed by atoms with Crippen LogP contribution in [0, 0.1) is 0 Å². The quantitative estimate of drug-likeness (QED) is 0.224. The zero-order chi connectivity index (χ0) is 26.3. The first-order valence-electron chi connectivity index (χ1n) is 14.9. The Hall–Kier alpha value is -1.72. The third kappa shape index (κ3) is 9.51. The van der Waals surface area contributed by atoms with E-state index in [1.54, 1.807) is 22.3 Å². The largest absolute Gasteiger partial charge is 0.0622 e. The second kappa shape index (κ2) is 17.0. The summed E-state index contributed by atoms with van der Waals surface area (Å²) < 4.78 is 3.79. The zero-order valence-corrected chi connectivity index (χ0v) is 26.4. The average Bonchev–Trinajstić information content (AvgIpc) is 3.53. The van der Waals surface area contributed by atoms with E-state index in [0.29, 0.717) is 0 Å². The minimum Gasteiger partial charge on any atom is -0.0622 e. The second-order valence-corrected chi connectivity index (χ2v) is 13.9. The Morgan fingerprint density at radius 2 is 0.946 bits per heavy atom. The van der Waals surface area contributed by atoms with Gasteiger partial charge in [0.05, 0.1) is 0 Å². The van der Waals surface area contributed by atoms with Crippen molar-refractivity contribution in [2.24, 2.45) is 0 Å². The molecule has 0 unspecified atom stereocenters. The van der Waals surface area contributed by atoms with Gasteiger partial charge in [0.1, 0.15) is 0 Å². The van der Waals surface area contributed by atoms with Crippen LogP contribution >= 0.6 is 0 Å². The van der Waals surface area contributed by atoms with Crippen molar-refractivity contribution in [2.75, 3.05) is 0 Å². The first-order valence-corrected chi connectivity index (χ1v) is 17.3. The number of rotatable bonds is 13. The number of unbranched alkanes of at least 4 members (excludes halogenated alkanes) is 2. The van der Waals surface area contributed by atoms with Gasteiger partial charge in [0.25, 0.3) is 0 Å². The van der Waals surface area contributed by atoms with E-state index in [1.807, 2.05) is 6.56 Å². The van der Waals surface area contributed by atoms with Gasteiger partial charge in [0, 0.05) is 0 Å². The number of hydrogen-bond donors (Lipinski definition) is 0. The summed E-state index contributed by atoms with van der Waals surface area (Å²) in [5.41, 5.74) is 9.79. The van der Waals surface area contributed by atoms with Gasteiger partial charge in [-0.1, -0.05) is 60.7 Å². The molecule has 0 atom stereocenters. The molecule has 0 N–H and O–H groups in total. The first kappa shape index (κ1) is 29.8. The van der Waals surface area contributed by atoms with Crippen LogP contribution in [0.4, 0.5) is 0 Å². The molecule has 0 aliphatic heterocycles.